The number of nitrogens with two attached hydrogens (primary N) is 1. The number of carbonyl (C=O) groups excluding carboxylic acids is 1. The highest BCUT2D eigenvalue weighted by Crippen LogP contribution is 2.26. The SMILES string of the molecule is CC(C)CC(CN)C(=O)NC(c1cccs1)C(C)C. The lowest BCUT2D eigenvalue weighted by atomic mass is 9.95. The highest BCUT2D eigenvalue weighted by atomic mass is 32.1. The summed E-state index contributed by atoms with van der Waals surface area (Å²) in [4.78, 5) is 13.5. The Kier molecular flexibility index (Phi) is 6.52. The van der Waals surface area contributed by atoms with Crippen LogP contribution in [0.5, 0.6) is 0 Å². The van der Waals surface area contributed by atoms with Crippen molar-refractivity contribution in [3.8, 4) is 0 Å². The molecule has 0 bridgehead atoms. The van der Waals surface area contributed by atoms with Gasteiger partial charge in [0, 0.05) is 11.4 Å². The van der Waals surface area contributed by atoms with Crippen LogP contribution < -0.4 is 11.1 Å². The molecule has 0 aliphatic carbocycles. The van der Waals surface area contributed by atoms with Gasteiger partial charge in [0.25, 0.3) is 0 Å². The van der Waals surface area contributed by atoms with Gasteiger partial charge in [-0.15, -0.1) is 11.3 Å². The minimum absolute atomic E-state index is 0.0822. The number of amides is 1. The molecule has 0 saturated carbocycles. The van der Waals surface area contributed by atoms with Crippen molar-refractivity contribution in [1.29, 1.82) is 0 Å². The maximum atomic E-state index is 12.3. The third-order valence-electron chi connectivity index (χ3n) is 3.23. The van der Waals surface area contributed by atoms with Gasteiger partial charge >= 0.3 is 0 Å². The molecule has 2 atom stereocenters. The molecular weight excluding hydrogens is 256 g/mol. The van der Waals surface area contributed by atoms with Gasteiger partial charge in [-0.3, -0.25) is 4.79 Å². The Balaban J connectivity index is 2.71. The van der Waals surface area contributed by atoms with Crippen LogP contribution in [0.4, 0.5) is 0 Å². The summed E-state index contributed by atoms with van der Waals surface area (Å²) in [6, 6.07) is 4.19. The lowest BCUT2D eigenvalue weighted by Crippen LogP contribution is -2.39. The summed E-state index contributed by atoms with van der Waals surface area (Å²) in [5.41, 5.74) is 5.73. The van der Waals surface area contributed by atoms with Crippen molar-refractivity contribution in [3.05, 3.63) is 22.4 Å². The zero-order valence-electron chi connectivity index (χ0n) is 12.3. The Morgan fingerprint density at radius 3 is 2.47 bits per heavy atom. The Hall–Kier alpha value is -0.870. The summed E-state index contributed by atoms with van der Waals surface area (Å²) in [5, 5.41) is 5.21. The minimum atomic E-state index is -0.0822. The molecule has 0 aliphatic heterocycles. The second kappa shape index (κ2) is 7.65. The van der Waals surface area contributed by atoms with Crippen molar-refractivity contribution in [2.45, 2.75) is 40.2 Å². The fraction of sp³-hybridized carbons (Fsp3) is 0.667. The van der Waals surface area contributed by atoms with Crippen molar-refractivity contribution in [2.75, 3.05) is 6.54 Å². The number of carbonyl (C=O) groups is 1. The van der Waals surface area contributed by atoms with Crippen LogP contribution >= 0.6 is 11.3 Å². The first-order chi connectivity index (χ1) is 8.95. The van der Waals surface area contributed by atoms with E-state index in [9.17, 15) is 4.79 Å². The van der Waals surface area contributed by atoms with Gasteiger partial charge < -0.3 is 11.1 Å². The van der Waals surface area contributed by atoms with Gasteiger partial charge in [-0.1, -0.05) is 33.8 Å². The van der Waals surface area contributed by atoms with Crippen molar-refractivity contribution in [3.63, 3.8) is 0 Å². The predicted molar refractivity (Wildman–Crippen MR) is 82.0 cm³/mol. The van der Waals surface area contributed by atoms with Gasteiger partial charge in [-0.2, -0.15) is 0 Å². The maximum Gasteiger partial charge on any atom is 0.224 e. The van der Waals surface area contributed by atoms with E-state index in [4.69, 9.17) is 5.73 Å². The summed E-state index contributed by atoms with van der Waals surface area (Å²) in [6.07, 6.45) is 0.845. The third-order valence-corrected chi connectivity index (χ3v) is 4.18. The van der Waals surface area contributed by atoms with E-state index in [1.54, 1.807) is 11.3 Å². The highest BCUT2D eigenvalue weighted by molar-refractivity contribution is 7.10. The monoisotopic (exact) mass is 282 g/mol. The quantitative estimate of drug-likeness (QED) is 0.807. The normalized spacial score (nSPS) is 14.7. The Morgan fingerprint density at radius 1 is 1.37 bits per heavy atom. The molecule has 108 valence electrons. The molecule has 1 heterocycles. The van der Waals surface area contributed by atoms with Gasteiger partial charge in [-0.25, -0.2) is 0 Å². The average Bonchev–Trinajstić information content (AvgIpc) is 2.85. The van der Waals surface area contributed by atoms with E-state index in [2.05, 4.69) is 39.1 Å². The zero-order chi connectivity index (χ0) is 14.4. The average molecular weight is 282 g/mol. The first-order valence-corrected chi connectivity index (χ1v) is 7.87. The van der Waals surface area contributed by atoms with Gasteiger partial charge in [-0.05, 0) is 29.7 Å². The van der Waals surface area contributed by atoms with Crippen molar-refractivity contribution in [2.24, 2.45) is 23.5 Å². The van der Waals surface area contributed by atoms with Crippen LogP contribution in [0.15, 0.2) is 17.5 Å². The summed E-state index contributed by atoms with van der Waals surface area (Å²) in [6.45, 7) is 8.92. The second-order valence-electron chi connectivity index (χ2n) is 5.81. The molecule has 0 spiro atoms. The van der Waals surface area contributed by atoms with E-state index >= 15 is 0 Å². The van der Waals surface area contributed by atoms with Crippen LogP contribution in [0.3, 0.4) is 0 Å². The Morgan fingerprint density at radius 2 is 2.05 bits per heavy atom. The van der Waals surface area contributed by atoms with Gasteiger partial charge in [0.05, 0.1) is 12.0 Å². The van der Waals surface area contributed by atoms with E-state index < -0.39 is 0 Å². The molecule has 0 aliphatic rings. The maximum absolute atomic E-state index is 12.3. The summed E-state index contributed by atoms with van der Waals surface area (Å²) in [5.74, 6) is 0.864. The lowest BCUT2D eigenvalue weighted by Gasteiger charge is -2.25. The van der Waals surface area contributed by atoms with E-state index in [1.807, 2.05) is 11.4 Å². The fourth-order valence-corrected chi connectivity index (χ4v) is 3.13. The van der Waals surface area contributed by atoms with E-state index in [0.717, 1.165) is 6.42 Å². The molecule has 0 aromatic carbocycles. The van der Waals surface area contributed by atoms with Crippen molar-refractivity contribution >= 4 is 17.2 Å². The third kappa shape index (κ3) is 4.96. The smallest absolute Gasteiger partial charge is 0.224 e. The molecule has 3 N–H and O–H groups in total. The number of hydrogen-bond acceptors (Lipinski definition) is 3. The molecule has 1 amide bonds. The second-order valence-corrected chi connectivity index (χ2v) is 6.79. The van der Waals surface area contributed by atoms with Crippen LogP contribution in [0.1, 0.15) is 45.0 Å². The van der Waals surface area contributed by atoms with E-state index in [0.29, 0.717) is 18.4 Å². The van der Waals surface area contributed by atoms with Crippen LogP contribution in [0.2, 0.25) is 0 Å². The molecule has 0 radical (unpaired) electrons. The zero-order valence-corrected chi connectivity index (χ0v) is 13.2. The van der Waals surface area contributed by atoms with E-state index in [1.165, 1.54) is 4.88 Å². The van der Waals surface area contributed by atoms with Gasteiger partial charge in [0.15, 0.2) is 0 Å². The molecule has 19 heavy (non-hydrogen) atoms. The Labute approximate surface area is 120 Å². The standard InChI is InChI=1S/C15H26N2OS/c1-10(2)8-12(9-16)15(18)17-14(11(3)4)13-6-5-7-19-13/h5-7,10-12,14H,8-9,16H2,1-4H3,(H,17,18). The summed E-state index contributed by atoms with van der Waals surface area (Å²) < 4.78 is 0. The summed E-state index contributed by atoms with van der Waals surface area (Å²) in [7, 11) is 0. The molecule has 2 unspecified atom stereocenters. The number of hydrogen-bond donors (Lipinski definition) is 2. The molecular formula is C15H26N2OS. The van der Waals surface area contributed by atoms with Gasteiger partial charge in [0.1, 0.15) is 0 Å². The number of rotatable bonds is 7. The van der Waals surface area contributed by atoms with Crippen LogP contribution in [0.25, 0.3) is 0 Å². The van der Waals surface area contributed by atoms with Crippen LogP contribution in [-0.4, -0.2) is 12.5 Å². The molecule has 0 saturated heterocycles. The fourth-order valence-electron chi connectivity index (χ4n) is 2.19. The van der Waals surface area contributed by atoms with Crippen molar-refractivity contribution in [1.82, 2.24) is 5.32 Å². The van der Waals surface area contributed by atoms with Crippen LogP contribution in [0, 0.1) is 17.8 Å². The Bertz CT molecular complexity index is 374. The minimum Gasteiger partial charge on any atom is -0.348 e. The molecule has 1 aromatic rings. The topological polar surface area (TPSA) is 55.1 Å². The van der Waals surface area contributed by atoms with E-state index in [-0.39, 0.29) is 17.9 Å². The van der Waals surface area contributed by atoms with Crippen LogP contribution in [-0.2, 0) is 4.79 Å². The number of thiophene rings is 1. The molecule has 0 fully saturated rings. The molecule has 4 heteroatoms. The molecule has 1 rings (SSSR count). The first kappa shape index (κ1) is 16.2. The first-order valence-electron chi connectivity index (χ1n) is 6.99. The largest absolute Gasteiger partial charge is 0.348 e. The molecule has 3 nitrogen and oxygen atoms in total. The van der Waals surface area contributed by atoms with Crippen molar-refractivity contribution < 1.29 is 4.79 Å². The summed E-state index contributed by atoms with van der Waals surface area (Å²) >= 11 is 1.69. The number of nitrogens with one attached hydrogen (secondary N) is 1. The molecule has 1 aromatic heterocycles. The lowest BCUT2D eigenvalue weighted by molar-refractivity contribution is -0.126. The van der Waals surface area contributed by atoms with Gasteiger partial charge in [0.2, 0.25) is 5.91 Å². The predicted octanol–water partition coefficient (Wildman–Crippen LogP) is 3.18. The highest BCUT2D eigenvalue weighted by Gasteiger charge is 2.24.